The molecule has 3 nitrogen and oxygen atoms in total. The van der Waals surface area contributed by atoms with E-state index in [4.69, 9.17) is 17.3 Å². The molecule has 1 heterocycles. The number of nitrogens with one attached hydrogen (secondary N) is 1. The van der Waals surface area contributed by atoms with Gasteiger partial charge in [0.1, 0.15) is 0 Å². The fourth-order valence-corrected chi connectivity index (χ4v) is 3.01. The van der Waals surface area contributed by atoms with Gasteiger partial charge in [-0.05, 0) is 42.5 Å². The van der Waals surface area contributed by atoms with Crippen molar-refractivity contribution in [1.29, 1.82) is 0 Å². The van der Waals surface area contributed by atoms with Gasteiger partial charge in [-0.15, -0.1) is 11.3 Å². The van der Waals surface area contributed by atoms with Crippen molar-refractivity contribution in [3.63, 3.8) is 0 Å². The number of carbonyl (C=O) groups is 1. The van der Waals surface area contributed by atoms with Gasteiger partial charge in [0.25, 0.3) is 0 Å². The highest BCUT2D eigenvalue weighted by molar-refractivity contribution is 7.09. The van der Waals surface area contributed by atoms with Gasteiger partial charge in [0.05, 0.1) is 0 Å². The zero-order valence-electron chi connectivity index (χ0n) is 11.2. The van der Waals surface area contributed by atoms with Crippen LogP contribution < -0.4 is 11.1 Å². The molecule has 1 atom stereocenters. The van der Waals surface area contributed by atoms with E-state index in [2.05, 4.69) is 29.8 Å². The summed E-state index contributed by atoms with van der Waals surface area (Å²) < 4.78 is 0. The first-order valence-electron chi connectivity index (χ1n) is 6.40. The van der Waals surface area contributed by atoms with Crippen molar-refractivity contribution >= 4 is 28.8 Å². The van der Waals surface area contributed by atoms with Crippen molar-refractivity contribution in [2.45, 2.75) is 25.9 Å². The van der Waals surface area contributed by atoms with Crippen LogP contribution in [0.1, 0.15) is 27.7 Å². The summed E-state index contributed by atoms with van der Waals surface area (Å²) in [6.07, 6.45) is 0.995. The molecule has 0 aliphatic carbocycles. The Labute approximate surface area is 127 Å². The molecule has 0 bridgehead atoms. The van der Waals surface area contributed by atoms with E-state index in [1.165, 1.54) is 4.88 Å². The summed E-state index contributed by atoms with van der Waals surface area (Å²) in [4.78, 5) is 12.4. The van der Waals surface area contributed by atoms with Crippen molar-refractivity contribution in [2.75, 3.05) is 0 Å². The molecule has 0 saturated heterocycles. The number of halogens is 1. The third-order valence-electron chi connectivity index (χ3n) is 3.07. The summed E-state index contributed by atoms with van der Waals surface area (Å²) in [5, 5.41) is 6.08. The van der Waals surface area contributed by atoms with E-state index in [1.807, 2.05) is 6.07 Å². The maximum atomic E-state index is 11.1. The van der Waals surface area contributed by atoms with Gasteiger partial charge in [0, 0.05) is 28.0 Å². The van der Waals surface area contributed by atoms with E-state index in [-0.39, 0.29) is 0 Å². The monoisotopic (exact) mass is 308 g/mol. The average molecular weight is 309 g/mol. The lowest BCUT2D eigenvalue weighted by atomic mass is 10.1. The number of benzene rings is 1. The molecule has 3 N–H and O–H groups in total. The van der Waals surface area contributed by atoms with E-state index in [0.29, 0.717) is 23.2 Å². The Balaban J connectivity index is 1.92. The molecule has 2 rings (SSSR count). The first kappa shape index (κ1) is 15.0. The minimum absolute atomic E-state index is 0.362. The van der Waals surface area contributed by atoms with Crippen molar-refractivity contribution in [2.24, 2.45) is 5.73 Å². The molecule has 1 amide bonds. The number of rotatable bonds is 6. The molecule has 1 unspecified atom stereocenters. The summed E-state index contributed by atoms with van der Waals surface area (Å²) >= 11 is 7.92. The molecule has 5 heteroatoms. The number of hydrogen-bond donors (Lipinski definition) is 2. The van der Waals surface area contributed by atoms with Gasteiger partial charge in [-0.2, -0.15) is 0 Å². The molecule has 1 aromatic heterocycles. The van der Waals surface area contributed by atoms with E-state index in [1.54, 1.807) is 23.5 Å². The predicted molar refractivity (Wildman–Crippen MR) is 84.3 cm³/mol. The molecule has 0 aliphatic rings. The molecule has 0 radical (unpaired) electrons. The molecule has 0 spiro atoms. The van der Waals surface area contributed by atoms with Gasteiger partial charge in [0.15, 0.2) is 0 Å². The fourth-order valence-electron chi connectivity index (χ4n) is 1.93. The maximum Gasteiger partial charge on any atom is 0.248 e. The smallest absolute Gasteiger partial charge is 0.248 e. The number of hydrogen-bond acceptors (Lipinski definition) is 3. The first-order chi connectivity index (χ1) is 9.56. The van der Waals surface area contributed by atoms with Crippen LogP contribution in [-0.2, 0) is 13.0 Å². The molecule has 0 aliphatic heterocycles. The van der Waals surface area contributed by atoms with Crippen LogP contribution in [0.4, 0.5) is 0 Å². The maximum absolute atomic E-state index is 11.1. The van der Waals surface area contributed by atoms with Gasteiger partial charge in [-0.3, -0.25) is 4.79 Å². The summed E-state index contributed by atoms with van der Waals surface area (Å²) in [5.41, 5.74) is 6.62. The summed E-state index contributed by atoms with van der Waals surface area (Å²) in [7, 11) is 0. The van der Waals surface area contributed by atoms with Crippen molar-refractivity contribution in [3.05, 3.63) is 56.7 Å². The highest BCUT2D eigenvalue weighted by atomic mass is 35.5. The zero-order chi connectivity index (χ0) is 14.5. The minimum Gasteiger partial charge on any atom is -0.366 e. The van der Waals surface area contributed by atoms with E-state index in [9.17, 15) is 4.79 Å². The topological polar surface area (TPSA) is 55.1 Å². The lowest BCUT2D eigenvalue weighted by Crippen LogP contribution is -2.27. The van der Waals surface area contributed by atoms with E-state index in [0.717, 1.165) is 12.0 Å². The molecule has 0 saturated carbocycles. The second-order valence-corrected chi connectivity index (χ2v) is 6.18. The van der Waals surface area contributed by atoms with Crippen molar-refractivity contribution < 1.29 is 4.79 Å². The van der Waals surface area contributed by atoms with Crippen LogP contribution in [0.3, 0.4) is 0 Å². The number of primary amides is 1. The van der Waals surface area contributed by atoms with Crippen molar-refractivity contribution in [3.8, 4) is 0 Å². The predicted octanol–water partition coefficient (Wildman–Crippen LogP) is 3.22. The van der Waals surface area contributed by atoms with Gasteiger partial charge in [-0.25, -0.2) is 0 Å². The SMILES string of the molecule is CC(Cc1cccs1)NCc1ccc(C(N)=O)cc1Cl. The molecule has 106 valence electrons. The summed E-state index contributed by atoms with van der Waals surface area (Å²) in [6, 6.07) is 9.72. The molecule has 20 heavy (non-hydrogen) atoms. The average Bonchev–Trinajstić information content (AvgIpc) is 2.90. The Morgan fingerprint density at radius 1 is 1.45 bits per heavy atom. The normalized spacial score (nSPS) is 12.3. The van der Waals surface area contributed by atoms with Crippen LogP contribution in [0.2, 0.25) is 5.02 Å². The van der Waals surface area contributed by atoms with E-state index < -0.39 is 5.91 Å². The Morgan fingerprint density at radius 2 is 2.25 bits per heavy atom. The van der Waals surface area contributed by atoms with Crippen LogP contribution in [-0.4, -0.2) is 11.9 Å². The highest BCUT2D eigenvalue weighted by Crippen LogP contribution is 2.18. The molecule has 2 aromatic rings. The molecular weight excluding hydrogens is 292 g/mol. The van der Waals surface area contributed by atoms with Crippen LogP contribution in [0.5, 0.6) is 0 Å². The zero-order valence-corrected chi connectivity index (χ0v) is 12.8. The highest BCUT2D eigenvalue weighted by Gasteiger charge is 2.08. The fraction of sp³-hybridized carbons (Fsp3) is 0.267. The first-order valence-corrected chi connectivity index (χ1v) is 7.66. The van der Waals surface area contributed by atoms with Gasteiger partial charge < -0.3 is 11.1 Å². The Morgan fingerprint density at radius 3 is 2.85 bits per heavy atom. The lowest BCUT2D eigenvalue weighted by Gasteiger charge is -2.14. The standard InChI is InChI=1S/C15H17ClN2OS/c1-10(7-13-3-2-6-20-13)18-9-12-5-4-11(15(17)19)8-14(12)16/h2-6,8,10,18H,7,9H2,1H3,(H2,17,19). The van der Waals surface area contributed by atoms with Gasteiger partial charge in [0.2, 0.25) is 5.91 Å². The molecule has 0 fully saturated rings. The second-order valence-electron chi connectivity index (χ2n) is 4.74. The van der Waals surface area contributed by atoms with Crippen LogP contribution >= 0.6 is 22.9 Å². The number of nitrogens with two attached hydrogens (primary N) is 1. The summed E-state index contributed by atoms with van der Waals surface area (Å²) in [5.74, 6) is -0.461. The molecular formula is C15H17ClN2OS. The Hall–Kier alpha value is -1.36. The Kier molecular flexibility index (Phi) is 5.17. The molecule has 1 aromatic carbocycles. The van der Waals surface area contributed by atoms with Crippen LogP contribution in [0, 0.1) is 0 Å². The minimum atomic E-state index is -0.461. The van der Waals surface area contributed by atoms with Gasteiger partial charge >= 0.3 is 0 Å². The van der Waals surface area contributed by atoms with Crippen LogP contribution in [0.25, 0.3) is 0 Å². The quantitative estimate of drug-likeness (QED) is 0.861. The van der Waals surface area contributed by atoms with Crippen LogP contribution in [0.15, 0.2) is 35.7 Å². The van der Waals surface area contributed by atoms with Gasteiger partial charge in [-0.1, -0.05) is 23.7 Å². The summed E-state index contributed by atoms with van der Waals surface area (Å²) in [6.45, 7) is 2.82. The number of amides is 1. The number of thiophene rings is 1. The Bertz CT molecular complexity index is 584. The third-order valence-corrected chi connectivity index (χ3v) is 4.32. The third kappa shape index (κ3) is 4.07. The number of carbonyl (C=O) groups excluding carboxylic acids is 1. The lowest BCUT2D eigenvalue weighted by molar-refractivity contribution is 0.100. The second kappa shape index (κ2) is 6.88. The van der Waals surface area contributed by atoms with E-state index >= 15 is 0 Å². The largest absolute Gasteiger partial charge is 0.366 e. The van der Waals surface area contributed by atoms with Crippen molar-refractivity contribution in [1.82, 2.24) is 5.32 Å².